The molecule has 0 aliphatic heterocycles. The number of hydrogen-bond donors (Lipinski definition) is 0. The van der Waals surface area contributed by atoms with Gasteiger partial charge in [0.15, 0.2) is 0 Å². The minimum Gasteiger partial charge on any atom is -0.268 e. The van der Waals surface area contributed by atoms with Crippen LogP contribution < -0.4 is 0 Å². The molecule has 0 bridgehead atoms. The van der Waals surface area contributed by atoms with Crippen molar-refractivity contribution in [2.75, 3.05) is 0 Å². The lowest BCUT2D eigenvalue weighted by Gasteiger charge is -2.01. The predicted molar refractivity (Wildman–Crippen MR) is 85.6 cm³/mol. The first kappa shape index (κ1) is 16.2. The molecule has 2 rings (SSSR count). The quantitative estimate of drug-likeness (QED) is 0.772. The molecular formula is C17H25N3. The molecule has 0 saturated carbocycles. The maximum absolute atomic E-state index is 4.31. The van der Waals surface area contributed by atoms with Crippen LogP contribution in [0.4, 0.5) is 0 Å². The summed E-state index contributed by atoms with van der Waals surface area (Å²) in [6.07, 6.45) is 4.10. The number of pyridine rings is 1. The van der Waals surface area contributed by atoms with Gasteiger partial charge in [0.2, 0.25) is 0 Å². The fourth-order valence-corrected chi connectivity index (χ4v) is 1.84. The molecule has 3 nitrogen and oxygen atoms in total. The summed E-state index contributed by atoms with van der Waals surface area (Å²) in [6.45, 7) is 12.0. The topological polar surface area (TPSA) is 30.7 Å². The molecule has 0 aromatic carbocycles. The van der Waals surface area contributed by atoms with Gasteiger partial charge in [-0.15, -0.1) is 0 Å². The van der Waals surface area contributed by atoms with Crippen molar-refractivity contribution in [2.24, 2.45) is 7.05 Å². The van der Waals surface area contributed by atoms with Crippen molar-refractivity contribution < 1.29 is 0 Å². The van der Waals surface area contributed by atoms with Gasteiger partial charge in [0.25, 0.3) is 0 Å². The average molecular weight is 271 g/mol. The highest BCUT2D eigenvalue weighted by molar-refractivity contribution is 5.59. The van der Waals surface area contributed by atoms with E-state index in [2.05, 4.69) is 42.6 Å². The highest BCUT2D eigenvalue weighted by Gasteiger charge is 2.04. The first-order valence-electron chi connectivity index (χ1n) is 7.08. The zero-order valence-electron chi connectivity index (χ0n) is 13.3. The van der Waals surface area contributed by atoms with Gasteiger partial charge in [0.1, 0.15) is 0 Å². The van der Waals surface area contributed by atoms with Crippen molar-refractivity contribution in [1.82, 2.24) is 14.8 Å². The van der Waals surface area contributed by atoms with Gasteiger partial charge in [0, 0.05) is 24.5 Å². The first-order chi connectivity index (χ1) is 9.47. The molecule has 0 saturated heterocycles. The molecule has 0 radical (unpaired) electrons. The fourth-order valence-electron chi connectivity index (χ4n) is 1.84. The van der Waals surface area contributed by atoms with E-state index in [-0.39, 0.29) is 0 Å². The van der Waals surface area contributed by atoms with E-state index in [0.717, 1.165) is 29.9 Å². The van der Waals surface area contributed by atoms with Crippen LogP contribution in [0.5, 0.6) is 0 Å². The third kappa shape index (κ3) is 4.65. The molecule has 0 atom stereocenters. The van der Waals surface area contributed by atoms with Crippen LogP contribution in [-0.4, -0.2) is 14.8 Å². The molecule has 2 aromatic heterocycles. The molecule has 0 aliphatic rings. The summed E-state index contributed by atoms with van der Waals surface area (Å²) in [5.74, 6) is 0. The van der Waals surface area contributed by atoms with Gasteiger partial charge in [-0.2, -0.15) is 5.10 Å². The van der Waals surface area contributed by atoms with Gasteiger partial charge in [-0.05, 0) is 44.9 Å². The second kappa shape index (κ2) is 7.63. The number of allylic oxidation sites excluding steroid dienone is 1. The maximum atomic E-state index is 4.31. The minimum absolute atomic E-state index is 1.03. The second-order valence-electron chi connectivity index (χ2n) is 4.94. The average Bonchev–Trinajstić information content (AvgIpc) is 2.77. The SMILES string of the molecule is C=C(CC)CC.Cc1cc(-c2cc(C)nn2C)ccn1. The fraction of sp³-hybridized carbons (Fsp3) is 0.412. The van der Waals surface area contributed by atoms with Crippen LogP contribution in [-0.2, 0) is 7.05 Å². The Morgan fingerprint density at radius 3 is 2.20 bits per heavy atom. The van der Waals surface area contributed by atoms with E-state index < -0.39 is 0 Å². The molecule has 2 heterocycles. The molecule has 0 N–H and O–H groups in total. The monoisotopic (exact) mass is 271 g/mol. The molecular weight excluding hydrogens is 246 g/mol. The Labute approximate surface area is 122 Å². The Bertz CT molecular complexity index is 561. The number of rotatable bonds is 3. The molecule has 2 aromatic rings. The minimum atomic E-state index is 1.03. The number of hydrogen-bond acceptors (Lipinski definition) is 2. The molecule has 108 valence electrons. The number of aromatic nitrogens is 3. The highest BCUT2D eigenvalue weighted by atomic mass is 15.3. The zero-order chi connectivity index (χ0) is 15.1. The van der Waals surface area contributed by atoms with Gasteiger partial charge in [-0.1, -0.05) is 26.0 Å². The molecule has 0 amide bonds. The van der Waals surface area contributed by atoms with E-state index in [9.17, 15) is 0 Å². The predicted octanol–water partition coefficient (Wildman–Crippen LogP) is 4.46. The summed E-state index contributed by atoms with van der Waals surface area (Å²) in [7, 11) is 1.96. The molecule has 0 fully saturated rings. The Balaban J connectivity index is 0.000000286. The van der Waals surface area contributed by atoms with Crippen LogP contribution in [0, 0.1) is 13.8 Å². The highest BCUT2D eigenvalue weighted by Crippen LogP contribution is 2.19. The van der Waals surface area contributed by atoms with Crippen LogP contribution in [0.25, 0.3) is 11.3 Å². The Hall–Kier alpha value is -1.90. The largest absolute Gasteiger partial charge is 0.268 e. The van der Waals surface area contributed by atoms with E-state index in [4.69, 9.17) is 0 Å². The summed E-state index contributed by atoms with van der Waals surface area (Å²) in [4.78, 5) is 4.17. The normalized spacial score (nSPS) is 9.85. The first-order valence-corrected chi connectivity index (χ1v) is 7.08. The molecule has 0 spiro atoms. The summed E-state index contributed by atoms with van der Waals surface area (Å²) in [5.41, 5.74) is 5.71. The van der Waals surface area contributed by atoms with Crippen molar-refractivity contribution in [2.45, 2.75) is 40.5 Å². The molecule has 0 unspecified atom stereocenters. The number of nitrogens with zero attached hydrogens (tertiary/aromatic N) is 3. The van der Waals surface area contributed by atoms with Crippen LogP contribution >= 0.6 is 0 Å². The van der Waals surface area contributed by atoms with Crippen molar-refractivity contribution in [3.05, 3.63) is 47.9 Å². The third-order valence-electron chi connectivity index (χ3n) is 3.19. The van der Waals surface area contributed by atoms with Crippen LogP contribution in [0.3, 0.4) is 0 Å². The van der Waals surface area contributed by atoms with Crippen molar-refractivity contribution in [1.29, 1.82) is 0 Å². The summed E-state index contributed by atoms with van der Waals surface area (Å²) in [6, 6.07) is 6.15. The molecule has 0 aliphatic carbocycles. The van der Waals surface area contributed by atoms with Crippen LogP contribution in [0.1, 0.15) is 38.1 Å². The van der Waals surface area contributed by atoms with E-state index in [1.54, 1.807) is 0 Å². The lowest BCUT2D eigenvalue weighted by molar-refractivity contribution is 0.764. The van der Waals surface area contributed by atoms with Gasteiger partial charge in [-0.3, -0.25) is 9.67 Å². The standard InChI is InChI=1S/C11H13N3.C6H12/c1-8-6-10(4-5-12-8)11-7-9(2)13-14(11)3;1-4-6(3)5-2/h4-7H,1-3H3;3-5H2,1-2H3. The Morgan fingerprint density at radius 2 is 1.80 bits per heavy atom. The van der Waals surface area contributed by atoms with E-state index in [0.29, 0.717) is 0 Å². The molecule has 3 heteroatoms. The maximum Gasteiger partial charge on any atom is 0.0682 e. The van der Waals surface area contributed by atoms with Gasteiger partial charge < -0.3 is 0 Å². The summed E-state index contributed by atoms with van der Waals surface area (Å²) >= 11 is 0. The Morgan fingerprint density at radius 1 is 1.15 bits per heavy atom. The third-order valence-corrected chi connectivity index (χ3v) is 3.19. The molecule has 20 heavy (non-hydrogen) atoms. The van der Waals surface area contributed by atoms with Crippen LogP contribution in [0.2, 0.25) is 0 Å². The van der Waals surface area contributed by atoms with E-state index in [1.165, 1.54) is 11.1 Å². The van der Waals surface area contributed by atoms with Crippen LogP contribution in [0.15, 0.2) is 36.5 Å². The summed E-state index contributed by atoms with van der Waals surface area (Å²) < 4.78 is 1.89. The van der Waals surface area contributed by atoms with Gasteiger partial charge >= 0.3 is 0 Å². The van der Waals surface area contributed by atoms with Gasteiger partial charge in [0.05, 0.1) is 11.4 Å². The second-order valence-corrected chi connectivity index (χ2v) is 4.94. The van der Waals surface area contributed by atoms with Gasteiger partial charge in [-0.25, -0.2) is 0 Å². The Kier molecular flexibility index (Phi) is 6.16. The van der Waals surface area contributed by atoms with Crippen molar-refractivity contribution in [3.63, 3.8) is 0 Å². The summed E-state index contributed by atoms with van der Waals surface area (Å²) in [5, 5.41) is 4.31. The lowest BCUT2D eigenvalue weighted by atomic mass is 10.1. The number of aryl methyl sites for hydroxylation is 3. The smallest absolute Gasteiger partial charge is 0.0682 e. The lowest BCUT2D eigenvalue weighted by Crippen LogP contribution is -1.94. The van der Waals surface area contributed by atoms with Crippen molar-refractivity contribution in [3.8, 4) is 11.3 Å². The zero-order valence-corrected chi connectivity index (χ0v) is 13.3. The van der Waals surface area contributed by atoms with E-state index >= 15 is 0 Å². The van der Waals surface area contributed by atoms with E-state index in [1.807, 2.05) is 37.8 Å². The van der Waals surface area contributed by atoms with Crippen molar-refractivity contribution >= 4 is 0 Å².